The summed E-state index contributed by atoms with van der Waals surface area (Å²) in [7, 11) is 0. The van der Waals surface area contributed by atoms with Crippen LogP contribution in [-0.2, 0) is 22.6 Å². The lowest BCUT2D eigenvalue weighted by Gasteiger charge is -2.36. The van der Waals surface area contributed by atoms with Gasteiger partial charge < -0.3 is 25.2 Å². The second-order valence-corrected chi connectivity index (χ2v) is 11.4. The number of amides is 2. The number of thiazole rings is 1. The third-order valence-corrected chi connectivity index (χ3v) is 8.64. The lowest BCUT2D eigenvalue weighted by molar-refractivity contribution is -0.245. The minimum Gasteiger partial charge on any atom is -0.392 e. The number of aliphatic hydroxyl groups is 1. The Morgan fingerprint density at radius 2 is 1.74 bits per heavy atom. The number of aromatic nitrogens is 1. The van der Waals surface area contributed by atoms with Gasteiger partial charge in [0.1, 0.15) is 0 Å². The minimum atomic E-state index is -0.516. The fourth-order valence-electron chi connectivity index (χ4n) is 4.30. The van der Waals surface area contributed by atoms with Crippen molar-refractivity contribution < 1.29 is 19.4 Å². The summed E-state index contributed by atoms with van der Waals surface area (Å²) in [6.45, 7) is 2.93. The van der Waals surface area contributed by atoms with E-state index in [1.54, 1.807) is 23.1 Å². The van der Waals surface area contributed by atoms with E-state index >= 15 is 0 Å². The van der Waals surface area contributed by atoms with Crippen LogP contribution in [0.15, 0.2) is 77.1 Å². The SMILES string of the molecule is CCNC(=O)NCc1ccc([C@H]2O[C@@H](CSc3nc4ccccc4s3)C[C@@H](c3ccc(CO)cc3)O2)cc1. The molecule has 9 heteroatoms. The highest BCUT2D eigenvalue weighted by molar-refractivity contribution is 8.01. The van der Waals surface area contributed by atoms with Crippen molar-refractivity contribution in [3.8, 4) is 0 Å². The third-order valence-electron chi connectivity index (χ3n) is 6.32. The molecule has 4 aromatic rings. The average molecular weight is 550 g/mol. The maximum absolute atomic E-state index is 11.7. The number of urea groups is 1. The predicted molar refractivity (Wildman–Crippen MR) is 151 cm³/mol. The van der Waals surface area contributed by atoms with Crippen molar-refractivity contribution in [3.05, 3.63) is 95.1 Å². The number of ether oxygens (including phenoxy) is 2. The van der Waals surface area contributed by atoms with Gasteiger partial charge in [-0.15, -0.1) is 11.3 Å². The molecule has 0 unspecified atom stereocenters. The third kappa shape index (κ3) is 6.73. The van der Waals surface area contributed by atoms with Gasteiger partial charge in [-0.25, -0.2) is 9.78 Å². The van der Waals surface area contributed by atoms with Crippen molar-refractivity contribution in [1.29, 1.82) is 0 Å². The molecule has 1 aliphatic rings. The molecule has 0 bridgehead atoms. The zero-order valence-electron chi connectivity index (χ0n) is 21.1. The summed E-state index contributed by atoms with van der Waals surface area (Å²) >= 11 is 3.42. The van der Waals surface area contributed by atoms with Gasteiger partial charge in [-0.05, 0) is 35.7 Å². The molecular formula is C29H31N3O4S2. The number of hydrogen-bond acceptors (Lipinski definition) is 7. The molecule has 3 N–H and O–H groups in total. The normalized spacial score (nSPS) is 19.4. The lowest BCUT2D eigenvalue weighted by Crippen LogP contribution is -2.34. The summed E-state index contributed by atoms with van der Waals surface area (Å²) in [5.74, 6) is 0.763. The second kappa shape index (κ2) is 12.7. The van der Waals surface area contributed by atoms with Crippen LogP contribution in [0.25, 0.3) is 10.2 Å². The van der Waals surface area contributed by atoms with Crippen LogP contribution in [0, 0.1) is 0 Å². The summed E-state index contributed by atoms with van der Waals surface area (Å²) in [6.07, 6.45) is 0.0352. The Hall–Kier alpha value is -2.95. The highest BCUT2D eigenvalue weighted by atomic mass is 32.2. The molecule has 2 heterocycles. The molecule has 1 aromatic heterocycles. The van der Waals surface area contributed by atoms with Gasteiger partial charge in [0.05, 0.1) is 29.0 Å². The van der Waals surface area contributed by atoms with E-state index in [2.05, 4.69) is 16.7 Å². The highest BCUT2D eigenvalue weighted by Gasteiger charge is 2.32. The summed E-state index contributed by atoms with van der Waals surface area (Å²) in [4.78, 5) is 16.5. The van der Waals surface area contributed by atoms with Gasteiger partial charge in [-0.2, -0.15) is 0 Å². The van der Waals surface area contributed by atoms with Crippen LogP contribution in [0.2, 0.25) is 0 Å². The molecule has 7 nitrogen and oxygen atoms in total. The molecule has 1 saturated heterocycles. The largest absolute Gasteiger partial charge is 0.392 e. The van der Waals surface area contributed by atoms with Crippen LogP contribution in [0.3, 0.4) is 0 Å². The Balaban J connectivity index is 1.29. The number of fused-ring (bicyclic) bond motifs is 1. The van der Waals surface area contributed by atoms with E-state index in [9.17, 15) is 9.90 Å². The monoisotopic (exact) mass is 549 g/mol. The van der Waals surface area contributed by atoms with Crippen molar-refractivity contribution in [1.82, 2.24) is 15.6 Å². The molecule has 1 aliphatic heterocycles. The number of carbonyl (C=O) groups excluding carboxylic acids is 1. The topological polar surface area (TPSA) is 92.7 Å². The molecule has 1 fully saturated rings. The van der Waals surface area contributed by atoms with Crippen LogP contribution >= 0.6 is 23.1 Å². The van der Waals surface area contributed by atoms with E-state index in [4.69, 9.17) is 14.5 Å². The highest BCUT2D eigenvalue weighted by Crippen LogP contribution is 2.40. The quantitative estimate of drug-likeness (QED) is 0.224. The Bertz CT molecular complexity index is 1310. The van der Waals surface area contributed by atoms with E-state index in [-0.39, 0.29) is 24.8 Å². The van der Waals surface area contributed by atoms with Gasteiger partial charge in [0.25, 0.3) is 0 Å². The average Bonchev–Trinajstić information content (AvgIpc) is 3.38. The molecular weight excluding hydrogens is 518 g/mol. The first-order valence-electron chi connectivity index (χ1n) is 12.7. The zero-order chi connectivity index (χ0) is 26.3. The fourth-order valence-corrected chi connectivity index (χ4v) is 6.41. The number of hydrogen-bond donors (Lipinski definition) is 3. The molecule has 2 amide bonds. The smallest absolute Gasteiger partial charge is 0.315 e. The first-order chi connectivity index (χ1) is 18.6. The Kier molecular flexibility index (Phi) is 8.93. The Morgan fingerprint density at radius 1 is 1.00 bits per heavy atom. The number of benzene rings is 3. The molecule has 0 spiro atoms. The second-order valence-electron chi connectivity index (χ2n) is 9.06. The first-order valence-corrected chi connectivity index (χ1v) is 14.5. The summed E-state index contributed by atoms with van der Waals surface area (Å²) in [6, 6.07) is 23.9. The minimum absolute atomic E-state index is 0.0142. The predicted octanol–water partition coefficient (Wildman–Crippen LogP) is 5.95. The van der Waals surface area contributed by atoms with Crippen molar-refractivity contribution in [2.45, 2.75) is 49.3 Å². The summed E-state index contributed by atoms with van der Waals surface area (Å²) in [5.41, 5.74) is 4.88. The number of para-hydroxylation sites is 1. The van der Waals surface area contributed by atoms with Gasteiger partial charge >= 0.3 is 6.03 Å². The van der Waals surface area contributed by atoms with Crippen LogP contribution in [0.4, 0.5) is 4.79 Å². The number of rotatable bonds is 9. The van der Waals surface area contributed by atoms with Gasteiger partial charge in [-0.3, -0.25) is 0 Å². The lowest BCUT2D eigenvalue weighted by atomic mass is 10.0. The number of nitrogens with zero attached hydrogens (tertiary/aromatic N) is 1. The van der Waals surface area contributed by atoms with Crippen molar-refractivity contribution >= 4 is 39.3 Å². The zero-order valence-corrected chi connectivity index (χ0v) is 22.8. The van der Waals surface area contributed by atoms with Crippen molar-refractivity contribution in [3.63, 3.8) is 0 Å². The number of thioether (sulfide) groups is 1. The summed E-state index contributed by atoms with van der Waals surface area (Å²) < 4.78 is 15.1. The maximum Gasteiger partial charge on any atom is 0.315 e. The molecule has 3 atom stereocenters. The van der Waals surface area contributed by atoms with Crippen molar-refractivity contribution in [2.75, 3.05) is 12.3 Å². The van der Waals surface area contributed by atoms with Gasteiger partial charge in [-0.1, -0.05) is 72.4 Å². The Morgan fingerprint density at radius 3 is 2.47 bits per heavy atom. The van der Waals surface area contributed by atoms with E-state index in [1.165, 1.54) is 4.70 Å². The van der Waals surface area contributed by atoms with E-state index < -0.39 is 6.29 Å². The maximum atomic E-state index is 11.7. The van der Waals surface area contributed by atoms with Crippen LogP contribution in [-0.4, -0.2) is 34.5 Å². The molecule has 198 valence electrons. The van der Waals surface area contributed by atoms with Crippen LogP contribution < -0.4 is 10.6 Å². The summed E-state index contributed by atoms with van der Waals surface area (Å²) in [5, 5.41) is 15.0. The molecule has 5 rings (SSSR count). The molecule has 0 radical (unpaired) electrons. The van der Waals surface area contributed by atoms with E-state index in [0.717, 1.165) is 44.3 Å². The number of nitrogens with one attached hydrogen (secondary N) is 2. The first kappa shape index (κ1) is 26.6. The van der Waals surface area contributed by atoms with Crippen LogP contribution in [0.1, 0.15) is 48.0 Å². The van der Waals surface area contributed by atoms with Crippen LogP contribution in [0.5, 0.6) is 0 Å². The van der Waals surface area contributed by atoms with Gasteiger partial charge in [0.2, 0.25) is 0 Å². The van der Waals surface area contributed by atoms with Gasteiger partial charge in [0.15, 0.2) is 10.6 Å². The number of aliphatic hydroxyl groups excluding tert-OH is 1. The standard InChI is InChI=1S/C29H31N3O4S2/c1-2-30-28(34)31-16-19-7-13-22(14-8-19)27-35-23(15-25(36-27)21-11-9-20(17-33)10-12-21)18-37-29-32-24-5-3-4-6-26(24)38-29/h3-14,23,25,27,33H,2,15-18H2,1H3,(H2,30,31,34)/t23-,25+,27+/m1/s1. The Labute approximate surface area is 230 Å². The number of carbonyl (C=O) groups is 1. The molecule has 0 aliphatic carbocycles. The van der Waals surface area contributed by atoms with Gasteiger partial charge in [0, 0.05) is 30.8 Å². The van der Waals surface area contributed by atoms with E-state index in [0.29, 0.717) is 13.1 Å². The van der Waals surface area contributed by atoms with Crippen molar-refractivity contribution in [2.24, 2.45) is 0 Å². The van der Waals surface area contributed by atoms with E-state index in [1.807, 2.05) is 73.7 Å². The molecule has 38 heavy (non-hydrogen) atoms. The molecule has 0 saturated carbocycles. The molecule has 3 aromatic carbocycles. The fraction of sp³-hybridized carbons (Fsp3) is 0.310.